The van der Waals surface area contributed by atoms with Crippen molar-refractivity contribution < 1.29 is 19.4 Å². The fourth-order valence-corrected chi connectivity index (χ4v) is 3.65. The predicted octanol–water partition coefficient (Wildman–Crippen LogP) is 4.04. The van der Waals surface area contributed by atoms with Crippen molar-refractivity contribution in [2.75, 3.05) is 26.1 Å². The highest BCUT2D eigenvalue weighted by atomic mass is 16.5. The van der Waals surface area contributed by atoms with Crippen LogP contribution in [0.4, 0.5) is 5.69 Å². The van der Waals surface area contributed by atoms with Gasteiger partial charge in [-0.25, -0.2) is 0 Å². The summed E-state index contributed by atoms with van der Waals surface area (Å²) < 4.78 is 12.7. The summed E-state index contributed by atoms with van der Waals surface area (Å²) >= 11 is 0. The number of methoxy groups -OCH3 is 2. The molecule has 1 heterocycles. The minimum atomic E-state index is -0.175. The first-order valence-corrected chi connectivity index (χ1v) is 11.3. The van der Waals surface area contributed by atoms with Crippen LogP contribution in [0.15, 0.2) is 66.9 Å². The van der Waals surface area contributed by atoms with Gasteiger partial charge in [0.1, 0.15) is 5.75 Å². The SMILES string of the molecule is COc1ccc(C(=O)Nc2ccc([C@H](OC)[C@@H](C)/C=C/CCn3cc(CCO)nn3)cc2)cc1. The van der Waals surface area contributed by atoms with Gasteiger partial charge in [-0.05, 0) is 48.4 Å². The number of hydrogen-bond acceptors (Lipinski definition) is 6. The molecule has 2 atom stereocenters. The number of ether oxygens (including phenoxy) is 2. The molecule has 0 fully saturated rings. The maximum atomic E-state index is 12.5. The number of aryl methyl sites for hydroxylation is 1. The van der Waals surface area contributed by atoms with Gasteiger partial charge in [-0.15, -0.1) is 5.10 Å². The Morgan fingerprint density at radius 2 is 1.88 bits per heavy atom. The molecular formula is C26H32N4O4. The molecule has 0 spiro atoms. The summed E-state index contributed by atoms with van der Waals surface area (Å²) in [4.78, 5) is 12.5. The molecule has 0 saturated heterocycles. The van der Waals surface area contributed by atoms with Gasteiger partial charge >= 0.3 is 0 Å². The van der Waals surface area contributed by atoms with E-state index in [1.165, 1.54) is 0 Å². The molecule has 8 heteroatoms. The van der Waals surface area contributed by atoms with Gasteiger partial charge in [0, 0.05) is 50.0 Å². The van der Waals surface area contributed by atoms with E-state index >= 15 is 0 Å². The molecule has 0 aliphatic rings. The van der Waals surface area contributed by atoms with Crippen molar-refractivity contribution in [2.24, 2.45) is 5.92 Å². The van der Waals surface area contributed by atoms with Crippen LogP contribution in [0.2, 0.25) is 0 Å². The van der Waals surface area contributed by atoms with Crippen LogP contribution < -0.4 is 10.1 Å². The second kappa shape index (κ2) is 12.7. The molecule has 0 aliphatic heterocycles. The van der Waals surface area contributed by atoms with Crippen molar-refractivity contribution in [1.29, 1.82) is 0 Å². The van der Waals surface area contributed by atoms with Crippen LogP contribution in [-0.4, -0.2) is 46.8 Å². The number of benzene rings is 2. The van der Waals surface area contributed by atoms with Gasteiger partial charge in [-0.3, -0.25) is 9.48 Å². The number of carbonyl (C=O) groups is 1. The van der Waals surface area contributed by atoms with E-state index in [4.69, 9.17) is 14.6 Å². The molecule has 3 rings (SSSR count). The second-order valence-electron chi connectivity index (χ2n) is 7.98. The molecule has 0 saturated carbocycles. The molecule has 180 valence electrons. The zero-order valence-corrected chi connectivity index (χ0v) is 19.8. The van der Waals surface area contributed by atoms with Crippen molar-refractivity contribution in [3.8, 4) is 5.75 Å². The Hall–Kier alpha value is -3.49. The minimum Gasteiger partial charge on any atom is -0.497 e. The Labute approximate surface area is 200 Å². The zero-order chi connectivity index (χ0) is 24.3. The lowest BCUT2D eigenvalue weighted by Gasteiger charge is -2.21. The molecule has 0 aliphatic carbocycles. The average Bonchev–Trinajstić information content (AvgIpc) is 3.31. The van der Waals surface area contributed by atoms with Crippen molar-refractivity contribution in [3.63, 3.8) is 0 Å². The van der Waals surface area contributed by atoms with E-state index in [1.54, 1.807) is 43.2 Å². The highest BCUT2D eigenvalue weighted by Gasteiger charge is 2.17. The van der Waals surface area contributed by atoms with Crippen LogP contribution in [0.3, 0.4) is 0 Å². The van der Waals surface area contributed by atoms with Crippen molar-refractivity contribution >= 4 is 11.6 Å². The third-order valence-electron chi connectivity index (χ3n) is 5.50. The largest absolute Gasteiger partial charge is 0.497 e. The molecule has 2 aromatic carbocycles. The second-order valence-corrected chi connectivity index (χ2v) is 7.98. The number of amides is 1. The summed E-state index contributed by atoms with van der Waals surface area (Å²) in [6, 6.07) is 14.7. The van der Waals surface area contributed by atoms with E-state index in [2.05, 4.69) is 34.7 Å². The maximum absolute atomic E-state index is 12.5. The maximum Gasteiger partial charge on any atom is 0.255 e. The van der Waals surface area contributed by atoms with E-state index in [0.717, 1.165) is 29.9 Å². The fourth-order valence-electron chi connectivity index (χ4n) is 3.65. The first kappa shape index (κ1) is 25.1. The Kier molecular flexibility index (Phi) is 9.37. The minimum absolute atomic E-state index is 0.0739. The van der Waals surface area contributed by atoms with E-state index in [1.807, 2.05) is 30.5 Å². The standard InChI is InChI=1S/C26H32N4O4/c1-19(6-4-5-16-30-18-23(15-17-31)28-29-30)25(34-3)20-7-11-22(12-8-20)27-26(32)21-9-13-24(33-2)14-10-21/h4,6-14,18-19,25,31H,5,15-17H2,1-3H3,(H,27,32)/b6-4+/t19-,25+/m0/s1. The van der Waals surface area contributed by atoms with Crippen molar-refractivity contribution in [1.82, 2.24) is 15.0 Å². The lowest BCUT2D eigenvalue weighted by molar-refractivity contribution is 0.0741. The number of carbonyl (C=O) groups excluding carboxylic acids is 1. The number of aliphatic hydroxyl groups is 1. The zero-order valence-electron chi connectivity index (χ0n) is 19.8. The normalized spacial score (nSPS) is 13.1. The lowest BCUT2D eigenvalue weighted by Crippen LogP contribution is -2.13. The molecule has 1 aromatic heterocycles. The van der Waals surface area contributed by atoms with Crippen molar-refractivity contribution in [3.05, 3.63) is 83.7 Å². The van der Waals surface area contributed by atoms with E-state index in [-0.39, 0.29) is 24.5 Å². The molecule has 34 heavy (non-hydrogen) atoms. The molecule has 0 unspecified atom stereocenters. The first-order chi connectivity index (χ1) is 16.5. The number of aromatic nitrogens is 3. The Bertz CT molecular complexity index is 1060. The average molecular weight is 465 g/mol. The fraction of sp³-hybridized carbons (Fsp3) is 0.346. The molecular weight excluding hydrogens is 432 g/mol. The molecule has 8 nitrogen and oxygen atoms in total. The van der Waals surface area contributed by atoms with Gasteiger partial charge in [0.15, 0.2) is 0 Å². The topological polar surface area (TPSA) is 98.5 Å². The summed E-state index contributed by atoms with van der Waals surface area (Å²) in [5, 5.41) is 20.0. The monoisotopic (exact) mass is 464 g/mol. The van der Waals surface area contributed by atoms with Gasteiger partial charge in [-0.1, -0.05) is 36.4 Å². The van der Waals surface area contributed by atoms with Gasteiger partial charge in [0.05, 0.1) is 18.9 Å². The molecule has 2 N–H and O–H groups in total. The summed E-state index contributed by atoms with van der Waals surface area (Å²) in [7, 11) is 3.29. The van der Waals surface area contributed by atoms with Crippen LogP contribution in [0.25, 0.3) is 0 Å². The van der Waals surface area contributed by atoms with E-state index in [9.17, 15) is 4.79 Å². The smallest absolute Gasteiger partial charge is 0.255 e. The third-order valence-corrected chi connectivity index (χ3v) is 5.50. The van der Waals surface area contributed by atoms with Gasteiger partial charge in [0.2, 0.25) is 0 Å². The van der Waals surface area contributed by atoms with Crippen LogP contribution in [0.5, 0.6) is 5.75 Å². The highest BCUT2D eigenvalue weighted by Crippen LogP contribution is 2.28. The summed E-state index contributed by atoms with van der Waals surface area (Å²) in [6.45, 7) is 2.91. The number of anilines is 1. The molecule has 3 aromatic rings. The molecule has 1 amide bonds. The van der Waals surface area contributed by atoms with Crippen LogP contribution >= 0.6 is 0 Å². The number of nitrogens with one attached hydrogen (secondary N) is 1. The van der Waals surface area contributed by atoms with E-state index < -0.39 is 0 Å². The number of aliphatic hydroxyl groups excluding tert-OH is 1. The number of hydrogen-bond donors (Lipinski definition) is 2. The quantitative estimate of drug-likeness (QED) is 0.393. The van der Waals surface area contributed by atoms with E-state index in [0.29, 0.717) is 17.7 Å². The van der Waals surface area contributed by atoms with Crippen LogP contribution in [0, 0.1) is 5.92 Å². The lowest BCUT2D eigenvalue weighted by atomic mass is 9.96. The summed E-state index contributed by atoms with van der Waals surface area (Å²) in [5.41, 5.74) is 3.11. The first-order valence-electron chi connectivity index (χ1n) is 11.3. The molecule has 0 bridgehead atoms. The number of rotatable bonds is 12. The third kappa shape index (κ3) is 7.00. The highest BCUT2D eigenvalue weighted by molar-refractivity contribution is 6.04. The van der Waals surface area contributed by atoms with Crippen molar-refractivity contribution in [2.45, 2.75) is 32.4 Å². The molecule has 0 radical (unpaired) electrons. The Balaban J connectivity index is 1.53. The summed E-state index contributed by atoms with van der Waals surface area (Å²) in [5.74, 6) is 0.691. The number of nitrogens with zero attached hydrogens (tertiary/aromatic N) is 3. The van der Waals surface area contributed by atoms with Crippen LogP contribution in [0.1, 0.15) is 41.1 Å². The van der Waals surface area contributed by atoms with Gasteiger partial charge in [-0.2, -0.15) is 0 Å². The number of allylic oxidation sites excluding steroid dienone is 1. The summed E-state index contributed by atoms with van der Waals surface area (Å²) in [6.07, 6.45) is 7.35. The Morgan fingerprint density at radius 3 is 2.53 bits per heavy atom. The van der Waals surface area contributed by atoms with Gasteiger partial charge < -0.3 is 19.9 Å². The predicted molar refractivity (Wildman–Crippen MR) is 131 cm³/mol. The van der Waals surface area contributed by atoms with Crippen LogP contribution in [-0.2, 0) is 17.7 Å². The van der Waals surface area contributed by atoms with Gasteiger partial charge in [0.25, 0.3) is 5.91 Å². The Morgan fingerprint density at radius 1 is 1.15 bits per heavy atom.